The minimum Gasteiger partial charge on any atom is -0.464 e. The van der Waals surface area contributed by atoms with Crippen LogP contribution in [0.5, 0.6) is 0 Å². The second-order valence-corrected chi connectivity index (χ2v) is 4.81. The molecule has 0 amide bonds. The number of esters is 1. The molecule has 104 valence electrons. The Bertz CT molecular complexity index is 444. The Hall–Kier alpha value is -1.69. The SMILES string of the molecule is COC(=O)c1nnc(C)cc1NCC1CCNCC1. The minimum absolute atomic E-state index is 0.252. The maximum Gasteiger partial charge on any atom is 0.360 e. The predicted molar refractivity (Wildman–Crippen MR) is 72.2 cm³/mol. The summed E-state index contributed by atoms with van der Waals surface area (Å²) in [4.78, 5) is 11.6. The molecule has 2 N–H and O–H groups in total. The first-order chi connectivity index (χ1) is 9.20. The number of nitrogens with one attached hydrogen (secondary N) is 2. The molecule has 6 nitrogen and oxygen atoms in total. The summed E-state index contributed by atoms with van der Waals surface area (Å²) < 4.78 is 4.72. The van der Waals surface area contributed by atoms with Gasteiger partial charge in [0.25, 0.3) is 0 Å². The van der Waals surface area contributed by atoms with Crippen molar-refractivity contribution in [1.29, 1.82) is 0 Å². The molecule has 1 aromatic heterocycles. The molecule has 1 aliphatic heterocycles. The quantitative estimate of drug-likeness (QED) is 0.790. The smallest absolute Gasteiger partial charge is 0.360 e. The molecular formula is C13H20N4O2. The van der Waals surface area contributed by atoms with E-state index in [1.165, 1.54) is 7.11 Å². The summed E-state index contributed by atoms with van der Waals surface area (Å²) in [5.74, 6) is 0.167. The average Bonchev–Trinajstić information content (AvgIpc) is 2.45. The van der Waals surface area contributed by atoms with Crippen LogP contribution >= 0.6 is 0 Å². The van der Waals surface area contributed by atoms with Crippen LogP contribution in [0.2, 0.25) is 0 Å². The van der Waals surface area contributed by atoms with E-state index in [4.69, 9.17) is 4.74 Å². The summed E-state index contributed by atoms with van der Waals surface area (Å²) >= 11 is 0. The van der Waals surface area contributed by atoms with Gasteiger partial charge in [-0.05, 0) is 44.8 Å². The molecule has 1 aliphatic rings. The number of nitrogens with zero attached hydrogens (tertiary/aromatic N) is 2. The highest BCUT2D eigenvalue weighted by molar-refractivity contribution is 5.93. The van der Waals surface area contributed by atoms with E-state index in [1.54, 1.807) is 0 Å². The molecule has 1 aromatic rings. The van der Waals surface area contributed by atoms with Gasteiger partial charge in [-0.15, -0.1) is 5.10 Å². The molecule has 1 fully saturated rings. The molecule has 0 aromatic carbocycles. The van der Waals surface area contributed by atoms with Gasteiger partial charge in [-0.1, -0.05) is 0 Å². The standard InChI is InChI=1S/C13H20N4O2/c1-9-7-11(12(17-16-9)13(18)19-2)15-8-10-3-5-14-6-4-10/h7,10,14H,3-6,8H2,1-2H3,(H,15,16). The van der Waals surface area contributed by atoms with Crippen LogP contribution in [0.4, 0.5) is 5.69 Å². The topological polar surface area (TPSA) is 76.1 Å². The number of aryl methyl sites for hydroxylation is 1. The van der Waals surface area contributed by atoms with E-state index in [0.717, 1.165) is 38.2 Å². The molecule has 0 spiro atoms. The summed E-state index contributed by atoms with van der Waals surface area (Å²) in [6.07, 6.45) is 2.30. The molecular weight excluding hydrogens is 244 g/mol. The third-order valence-electron chi connectivity index (χ3n) is 3.33. The van der Waals surface area contributed by atoms with E-state index in [-0.39, 0.29) is 5.69 Å². The molecule has 0 radical (unpaired) electrons. The molecule has 0 saturated carbocycles. The summed E-state index contributed by atoms with van der Waals surface area (Å²) in [6.45, 7) is 4.81. The van der Waals surface area contributed by atoms with E-state index in [2.05, 4.69) is 20.8 Å². The number of rotatable bonds is 4. The first-order valence-corrected chi connectivity index (χ1v) is 6.58. The summed E-state index contributed by atoms with van der Waals surface area (Å²) in [5, 5.41) is 14.5. The number of ether oxygens (including phenoxy) is 1. The third kappa shape index (κ3) is 3.64. The van der Waals surface area contributed by atoms with Crippen molar-refractivity contribution >= 4 is 11.7 Å². The van der Waals surface area contributed by atoms with Crippen molar-refractivity contribution in [2.75, 3.05) is 32.1 Å². The van der Waals surface area contributed by atoms with Gasteiger partial charge in [0, 0.05) is 6.54 Å². The van der Waals surface area contributed by atoms with Gasteiger partial charge in [0.1, 0.15) is 0 Å². The minimum atomic E-state index is -0.458. The summed E-state index contributed by atoms with van der Waals surface area (Å²) in [7, 11) is 1.35. The molecule has 0 atom stereocenters. The first-order valence-electron chi connectivity index (χ1n) is 6.58. The Morgan fingerprint density at radius 3 is 2.89 bits per heavy atom. The van der Waals surface area contributed by atoms with Crippen LogP contribution in [0.15, 0.2) is 6.07 Å². The van der Waals surface area contributed by atoms with Crippen molar-refractivity contribution in [1.82, 2.24) is 15.5 Å². The van der Waals surface area contributed by atoms with Crippen LogP contribution < -0.4 is 10.6 Å². The van der Waals surface area contributed by atoms with Crippen molar-refractivity contribution in [3.63, 3.8) is 0 Å². The number of anilines is 1. The van der Waals surface area contributed by atoms with Crippen molar-refractivity contribution < 1.29 is 9.53 Å². The molecule has 1 saturated heterocycles. The Morgan fingerprint density at radius 2 is 2.21 bits per heavy atom. The van der Waals surface area contributed by atoms with Crippen molar-refractivity contribution in [3.05, 3.63) is 17.5 Å². The van der Waals surface area contributed by atoms with Crippen molar-refractivity contribution in [3.8, 4) is 0 Å². The second kappa shape index (κ2) is 6.47. The van der Waals surface area contributed by atoms with E-state index < -0.39 is 5.97 Å². The lowest BCUT2D eigenvalue weighted by molar-refractivity contribution is 0.0594. The lowest BCUT2D eigenvalue weighted by Gasteiger charge is -2.23. The molecule has 19 heavy (non-hydrogen) atoms. The number of hydrogen-bond donors (Lipinski definition) is 2. The zero-order chi connectivity index (χ0) is 13.7. The lowest BCUT2D eigenvalue weighted by atomic mass is 9.98. The molecule has 0 bridgehead atoms. The van der Waals surface area contributed by atoms with Crippen LogP contribution in [0.3, 0.4) is 0 Å². The Balaban J connectivity index is 2.05. The molecule has 0 aliphatic carbocycles. The fourth-order valence-electron chi connectivity index (χ4n) is 2.21. The summed E-state index contributed by atoms with van der Waals surface area (Å²) in [5.41, 5.74) is 1.74. The number of carbonyl (C=O) groups excluding carboxylic acids is 1. The number of hydrogen-bond acceptors (Lipinski definition) is 6. The highest BCUT2D eigenvalue weighted by Gasteiger charge is 2.17. The van der Waals surface area contributed by atoms with Crippen LogP contribution in [-0.2, 0) is 4.74 Å². The van der Waals surface area contributed by atoms with E-state index in [0.29, 0.717) is 11.6 Å². The Morgan fingerprint density at radius 1 is 1.47 bits per heavy atom. The van der Waals surface area contributed by atoms with Gasteiger partial charge in [-0.25, -0.2) is 4.79 Å². The molecule has 6 heteroatoms. The van der Waals surface area contributed by atoms with Crippen LogP contribution in [-0.4, -0.2) is 42.9 Å². The van der Waals surface area contributed by atoms with Gasteiger partial charge in [0.2, 0.25) is 0 Å². The van der Waals surface area contributed by atoms with Crippen LogP contribution in [0, 0.1) is 12.8 Å². The number of carbonyl (C=O) groups is 1. The van der Waals surface area contributed by atoms with Gasteiger partial charge in [0.05, 0.1) is 18.5 Å². The second-order valence-electron chi connectivity index (χ2n) is 4.81. The number of methoxy groups -OCH3 is 1. The van der Waals surface area contributed by atoms with Gasteiger partial charge in [-0.3, -0.25) is 0 Å². The highest BCUT2D eigenvalue weighted by atomic mass is 16.5. The largest absolute Gasteiger partial charge is 0.464 e. The molecule has 0 unspecified atom stereocenters. The van der Waals surface area contributed by atoms with E-state index in [9.17, 15) is 4.79 Å². The van der Waals surface area contributed by atoms with Crippen LogP contribution in [0.25, 0.3) is 0 Å². The Labute approximate surface area is 112 Å². The average molecular weight is 264 g/mol. The zero-order valence-corrected chi connectivity index (χ0v) is 11.4. The fourth-order valence-corrected chi connectivity index (χ4v) is 2.21. The van der Waals surface area contributed by atoms with Crippen molar-refractivity contribution in [2.24, 2.45) is 5.92 Å². The van der Waals surface area contributed by atoms with Gasteiger partial charge in [-0.2, -0.15) is 5.10 Å². The van der Waals surface area contributed by atoms with Crippen molar-refractivity contribution in [2.45, 2.75) is 19.8 Å². The van der Waals surface area contributed by atoms with Gasteiger partial charge >= 0.3 is 5.97 Å². The van der Waals surface area contributed by atoms with Crippen LogP contribution in [0.1, 0.15) is 29.0 Å². The highest BCUT2D eigenvalue weighted by Crippen LogP contribution is 2.17. The molecule has 2 heterocycles. The van der Waals surface area contributed by atoms with Gasteiger partial charge in [0.15, 0.2) is 5.69 Å². The zero-order valence-electron chi connectivity index (χ0n) is 11.4. The normalized spacial score (nSPS) is 16.1. The number of aromatic nitrogens is 2. The first kappa shape index (κ1) is 13.7. The predicted octanol–water partition coefficient (Wildman–Crippen LogP) is 0.983. The maximum atomic E-state index is 11.6. The molecule has 2 rings (SSSR count). The fraction of sp³-hybridized carbons (Fsp3) is 0.615. The monoisotopic (exact) mass is 264 g/mol. The maximum absolute atomic E-state index is 11.6. The van der Waals surface area contributed by atoms with Gasteiger partial charge < -0.3 is 15.4 Å². The van der Waals surface area contributed by atoms with E-state index >= 15 is 0 Å². The third-order valence-corrected chi connectivity index (χ3v) is 3.33. The summed E-state index contributed by atoms with van der Waals surface area (Å²) in [6, 6.07) is 1.83. The lowest BCUT2D eigenvalue weighted by Crippen LogP contribution is -2.31. The number of piperidine rings is 1. The Kier molecular flexibility index (Phi) is 4.68. The van der Waals surface area contributed by atoms with E-state index in [1.807, 2.05) is 13.0 Å².